The molecule has 1 spiro atoms. The Bertz CT molecular complexity index is 1280. The van der Waals surface area contributed by atoms with Crippen molar-refractivity contribution in [2.75, 3.05) is 5.32 Å². The van der Waals surface area contributed by atoms with Gasteiger partial charge in [0.15, 0.2) is 5.82 Å². The van der Waals surface area contributed by atoms with Crippen molar-refractivity contribution in [2.45, 2.75) is 63.9 Å². The third-order valence-corrected chi connectivity index (χ3v) is 7.00. The van der Waals surface area contributed by atoms with Gasteiger partial charge in [0.2, 0.25) is 17.7 Å². The molecule has 3 aliphatic rings. The average Bonchev–Trinajstić information content (AvgIpc) is 3.46. The number of anilines is 1. The van der Waals surface area contributed by atoms with Crippen molar-refractivity contribution in [3.8, 4) is 0 Å². The SMILES string of the molecule is Cc1cc(NC(=O)[C@@H]2[C@@H]3C(=O)N(Cc4ccccc4F)[C@H](C(=O)NC(C)(C)C)[C@@]34C=C[C@@]2(C)O4)no1. The molecule has 1 aromatic carbocycles. The molecule has 2 N–H and O–H groups in total. The molecule has 2 bridgehead atoms. The molecule has 0 aliphatic carbocycles. The maximum Gasteiger partial charge on any atom is 0.246 e. The maximum atomic E-state index is 14.6. The summed E-state index contributed by atoms with van der Waals surface area (Å²) in [6.45, 7) is 8.77. The Morgan fingerprint density at radius 2 is 1.92 bits per heavy atom. The molecule has 5 atom stereocenters. The molecule has 190 valence electrons. The van der Waals surface area contributed by atoms with E-state index in [0.717, 1.165) is 0 Å². The number of nitrogens with zero attached hydrogens (tertiary/aromatic N) is 2. The molecular weight excluding hydrogens is 467 g/mol. The number of fused-ring (bicyclic) bond motifs is 1. The van der Waals surface area contributed by atoms with Gasteiger partial charge < -0.3 is 24.8 Å². The minimum Gasteiger partial charge on any atom is -0.360 e. The number of hydrogen-bond donors (Lipinski definition) is 2. The van der Waals surface area contributed by atoms with Gasteiger partial charge in [-0.05, 0) is 40.7 Å². The third kappa shape index (κ3) is 3.71. The summed E-state index contributed by atoms with van der Waals surface area (Å²) in [5.41, 5.74) is -2.83. The van der Waals surface area contributed by atoms with Crippen molar-refractivity contribution >= 4 is 23.5 Å². The number of aromatic nitrogens is 1. The number of carbonyl (C=O) groups is 3. The Labute approximate surface area is 208 Å². The number of hydrogen-bond acceptors (Lipinski definition) is 6. The fraction of sp³-hybridized carbons (Fsp3) is 0.462. The number of halogens is 1. The van der Waals surface area contributed by atoms with E-state index in [1.54, 1.807) is 50.3 Å². The zero-order chi connectivity index (χ0) is 26.0. The van der Waals surface area contributed by atoms with Crippen LogP contribution in [0.2, 0.25) is 0 Å². The molecule has 3 amide bonds. The van der Waals surface area contributed by atoms with Crippen molar-refractivity contribution in [1.82, 2.24) is 15.4 Å². The van der Waals surface area contributed by atoms with Crippen molar-refractivity contribution in [1.29, 1.82) is 0 Å². The summed E-state index contributed by atoms with van der Waals surface area (Å²) >= 11 is 0. The molecule has 0 unspecified atom stereocenters. The van der Waals surface area contributed by atoms with Gasteiger partial charge in [-0.25, -0.2) is 4.39 Å². The van der Waals surface area contributed by atoms with Crippen molar-refractivity contribution < 1.29 is 28.0 Å². The van der Waals surface area contributed by atoms with Gasteiger partial charge in [-0.2, -0.15) is 0 Å². The number of ether oxygens (including phenoxy) is 1. The summed E-state index contributed by atoms with van der Waals surface area (Å²) in [7, 11) is 0. The minimum absolute atomic E-state index is 0.142. The lowest BCUT2D eigenvalue weighted by molar-refractivity contribution is -0.145. The lowest BCUT2D eigenvalue weighted by Crippen LogP contribution is -2.57. The fourth-order valence-electron chi connectivity index (χ4n) is 5.68. The number of rotatable bonds is 5. The third-order valence-electron chi connectivity index (χ3n) is 7.00. The topological polar surface area (TPSA) is 114 Å². The molecule has 4 heterocycles. The van der Waals surface area contributed by atoms with E-state index < -0.39 is 58.2 Å². The number of aryl methyl sites for hydroxylation is 1. The van der Waals surface area contributed by atoms with Crippen molar-refractivity contribution in [3.63, 3.8) is 0 Å². The molecule has 0 radical (unpaired) electrons. The van der Waals surface area contributed by atoms with E-state index in [2.05, 4.69) is 15.8 Å². The normalized spacial score (nSPS) is 30.6. The number of likely N-dealkylation sites (tertiary alicyclic amines) is 1. The van der Waals surface area contributed by atoms with Crippen LogP contribution in [0.25, 0.3) is 0 Å². The van der Waals surface area contributed by atoms with Crippen LogP contribution in [0.5, 0.6) is 0 Å². The van der Waals surface area contributed by atoms with E-state index in [1.807, 2.05) is 20.8 Å². The predicted molar refractivity (Wildman–Crippen MR) is 127 cm³/mol. The Kier molecular flexibility index (Phi) is 5.37. The molecule has 9 nitrogen and oxygen atoms in total. The highest BCUT2D eigenvalue weighted by Crippen LogP contribution is 2.60. The van der Waals surface area contributed by atoms with Crippen LogP contribution >= 0.6 is 0 Å². The molecule has 36 heavy (non-hydrogen) atoms. The zero-order valence-corrected chi connectivity index (χ0v) is 20.8. The highest BCUT2D eigenvalue weighted by atomic mass is 19.1. The monoisotopic (exact) mass is 496 g/mol. The van der Waals surface area contributed by atoms with E-state index in [-0.39, 0.29) is 17.9 Å². The largest absolute Gasteiger partial charge is 0.360 e. The standard InChI is InChI=1S/C26H29FN4O5/c1-14-12-17(30-35-14)28-21(32)18-19-23(34)31(13-15-8-6-7-9-16(15)27)20(22(33)29-24(2,3)4)26(19)11-10-25(18,5)36-26/h6-12,18-20H,13H2,1-5H3,(H,29,33)(H,28,30,32)/t18-,19+,20+,25+,26+/m0/s1. The van der Waals surface area contributed by atoms with E-state index in [1.165, 1.54) is 11.0 Å². The molecular formula is C26H29FN4O5. The van der Waals surface area contributed by atoms with Gasteiger partial charge in [-0.1, -0.05) is 35.5 Å². The van der Waals surface area contributed by atoms with Gasteiger partial charge in [0.05, 0.1) is 17.4 Å². The number of nitrogens with one attached hydrogen (secondary N) is 2. The fourth-order valence-corrected chi connectivity index (χ4v) is 5.68. The number of benzene rings is 1. The molecule has 2 saturated heterocycles. The van der Waals surface area contributed by atoms with Crippen LogP contribution in [0.3, 0.4) is 0 Å². The molecule has 0 saturated carbocycles. The summed E-state index contributed by atoms with van der Waals surface area (Å²) in [6, 6.07) is 6.57. The Balaban J connectivity index is 1.56. The van der Waals surface area contributed by atoms with E-state index >= 15 is 0 Å². The first kappa shape index (κ1) is 24.2. The second-order valence-electron chi connectivity index (χ2n) is 10.9. The van der Waals surface area contributed by atoms with Crippen LogP contribution in [0, 0.1) is 24.6 Å². The maximum absolute atomic E-state index is 14.6. The van der Waals surface area contributed by atoms with Crippen LogP contribution in [0.15, 0.2) is 47.0 Å². The summed E-state index contributed by atoms with van der Waals surface area (Å²) < 4.78 is 26.1. The van der Waals surface area contributed by atoms with Crippen molar-refractivity contribution in [3.05, 3.63) is 59.6 Å². The summed E-state index contributed by atoms with van der Waals surface area (Å²) in [6.07, 6.45) is 3.45. The lowest BCUT2D eigenvalue weighted by Gasteiger charge is -2.35. The molecule has 5 rings (SSSR count). The Morgan fingerprint density at radius 1 is 1.19 bits per heavy atom. The average molecular weight is 497 g/mol. The zero-order valence-electron chi connectivity index (χ0n) is 20.8. The first-order valence-corrected chi connectivity index (χ1v) is 11.9. The van der Waals surface area contributed by atoms with Gasteiger partial charge >= 0.3 is 0 Å². The molecule has 2 aromatic rings. The highest BCUT2D eigenvalue weighted by Gasteiger charge is 2.76. The summed E-state index contributed by atoms with van der Waals surface area (Å²) in [5, 5.41) is 9.46. The first-order valence-electron chi connectivity index (χ1n) is 11.9. The van der Waals surface area contributed by atoms with Gasteiger partial charge in [-0.3, -0.25) is 14.4 Å². The van der Waals surface area contributed by atoms with E-state index in [4.69, 9.17) is 9.26 Å². The number of amides is 3. The van der Waals surface area contributed by atoms with Crippen LogP contribution in [0.4, 0.5) is 10.2 Å². The minimum atomic E-state index is -1.38. The van der Waals surface area contributed by atoms with Crippen LogP contribution in [-0.2, 0) is 25.7 Å². The van der Waals surface area contributed by atoms with Gasteiger partial charge in [0, 0.05) is 23.7 Å². The van der Waals surface area contributed by atoms with Gasteiger partial charge in [0.25, 0.3) is 0 Å². The molecule has 3 aliphatic heterocycles. The smallest absolute Gasteiger partial charge is 0.246 e. The quantitative estimate of drug-likeness (QED) is 0.616. The van der Waals surface area contributed by atoms with Crippen LogP contribution < -0.4 is 10.6 Å². The predicted octanol–water partition coefficient (Wildman–Crippen LogP) is 2.72. The molecule has 10 heteroatoms. The van der Waals surface area contributed by atoms with E-state index in [9.17, 15) is 18.8 Å². The highest BCUT2D eigenvalue weighted by molar-refractivity contribution is 6.03. The number of carbonyl (C=O) groups excluding carboxylic acids is 3. The van der Waals surface area contributed by atoms with Crippen molar-refractivity contribution in [2.24, 2.45) is 11.8 Å². The molecule has 2 fully saturated rings. The summed E-state index contributed by atoms with van der Waals surface area (Å²) in [4.78, 5) is 42.5. The first-order chi connectivity index (χ1) is 16.8. The van der Waals surface area contributed by atoms with Crippen LogP contribution in [-0.4, -0.2) is 50.6 Å². The van der Waals surface area contributed by atoms with E-state index in [0.29, 0.717) is 5.76 Å². The second kappa shape index (κ2) is 7.99. The second-order valence-corrected chi connectivity index (χ2v) is 10.9. The van der Waals surface area contributed by atoms with Gasteiger partial charge in [0.1, 0.15) is 23.2 Å². The Hall–Kier alpha value is -3.53. The Morgan fingerprint density at radius 3 is 2.56 bits per heavy atom. The lowest BCUT2D eigenvalue weighted by atomic mass is 9.70. The van der Waals surface area contributed by atoms with Gasteiger partial charge in [-0.15, -0.1) is 0 Å². The summed E-state index contributed by atoms with van der Waals surface area (Å²) in [5.74, 6) is -3.03. The molecule has 1 aromatic heterocycles. The van der Waals surface area contributed by atoms with Crippen LogP contribution in [0.1, 0.15) is 39.0 Å².